The molecular formula is C12H14F4N2O2. The van der Waals surface area contributed by atoms with Gasteiger partial charge in [-0.3, -0.25) is 4.79 Å². The minimum atomic E-state index is -4.52. The van der Waals surface area contributed by atoms with Crippen LogP contribution in [0.2, 0.25) is 0 Å². The molecule has 0 spiro atoms. The summed E-state index contributed by atoms with van der Waals surface area (Å²) in [4.78, 5) is 11.5. The van der Waals surface area contributed by atoms with Crippen LogP contribution >= 0.6 is 0 Å². The van der Waals surface area contributed by atoms with E-state index in [4.69, 9.17) is 5.73 Å². The Labute approximate surface area is 112 Å². The van der Waals surface area contributed by atoms with Crippen LogP contribution in [0.1, 0.15) is 12.8 Å². The number of carbonyl (C=O) groups excluding carboxylic acids is 1. The van der Waals surface area contributed by atoms with Crippen LogP contribution in [0, 0.1) is 5.82 Å². The molecule has 0 aliphatic carbocycles. The maximum Gasteiger partial charge on any atom is 0.422 e. The van der Waals surface area contributed by atoms with Gasteiger partial charge >= 0.3 is 6.18 Å². The number of carbonyl (C=O) groups is 1. The lowest BCUT2D eigenvalue weighted by molar-refractivity contribution is -0.153. The molecule has 1 aromatic carbocycles. The normalized spacial score (nSPS) is 11.2. The predicted molar refractivity (Wildman–Crippen MR) is 64.9 cm³/mol. The molecule has 112 valence electrons. The second-order valence-corrected chi connectivity index (χ2v) is 3.98. The van der Waals surface area contributed by atoms with Crippen LogP contribution in [0.3, 0.4) is 0 Å². The largest absolute Gasteiger partial charge is 0.482 e. The number of halogens is 4. The summed E-state index contributed by atoms with van der Waals surface area (Å²) < 4.78 is 53.8. The first-order chi connectivity index (χ1) is 9.31. The Hall–Kier alpha value is -1.83. The monoisotopic (exact) mass is 294 g/mol. The fourth-order valence-corrected chi connectivity index (χ4v) is 1.36. The minimum absolute atomic E-state index is 0.0890. The molecule has 0 fully saturated rings. The van der Waals surface area contributed by atoms with E-state index in [2.05, 4.69) is 10.1 Å². The van der Waals surface area contributed by atoms with Crippen LogP contribution < -0.4 is 15.8 Å². The molecule has 0 aliphatic rings. The van der Waals surface area contributed by atoms with Crippen LogP contribution in [-0.4, -0.2) is 25.2 Å². The van der Waals surface area contributed by atoms with Crippen LogP contribution in [0.25, 0.3) is 0 Å². The van der Waals surface area contributed by atoms with Crippen molar-refractivity contribution in [3.8, 4) is 5.75 Å². The number of nitrogens with one attached hydrogen (secondary N) is 1. The maximum absolute atomic E-state index is 13.1. The van der Waals surface area contributed by atoms with Crippen molar-refractivity contribution in [2.24, 2.45) is 5.73 Å². The first-order valence-corrected chi connectivity index (χ1v) is 5.81. The molecule has 0 atom stereocenters. The standard InChI is InChI=1S/C12H14F4N2O2/c13-8-3-4-10(20-7-12(14,15)16)9(6-8)18-11(19)2-1-5-17/h3-4,6H,1-2,5,7,17H2,(H,18,19). The fourth-order valence-electron chi connectivity index (χ4n) is 1.36. The van der Waals surface area contributed by atoms with E-state index >= 15 is 0 Å². The average molecular weight is 294 g/mol. The zero-order chi connectivity index (χ0) is 15.2. The molecule has 3 N–H and O–H groups in total. The summed E-state index contributed by atoms with van der Waals surface area (Å²) in [5.41, 5.74) is 5.09. The van der Waals surface area contributed by atoms with Gasteiger partial charge in [0.25, 0.3) is 0 Å². The highest BCUT2D eigenvalue weighted by molar-refractivity contribution is 5.92. The van der Waals surface area contributed by atoms with Gasteiger partial charge < -0.3 is 15.8 Å². The molecule has 0 aliphatic heterocycles. The number of hydrogen-bond donors (Lipinski definition) is 2. The summed E-state index contributed by atoms with van der Waals surface area (Å²) in [6, 6.07) is 2.87. The van der Waals surface area contributed by atoms with E-state index in [1.54, 1.807) is 0 Å². The first-order valence-electron chi connectivity index (χ1n) is 5.81. The smallest absolute Gasteiger partial charge is 0.422 e. The Morgan fingerprint density at radius 3 is 2.65 bits per heavy atom. The van der Waals surface area contributed by atoms with Crippen molar-refractivity contribution in [1.82, 2.24) is 0 Å². The van der Waals surface area contributed by atoms with Crippen molar-refractivity contribution in [1.29, 1.82) is 0 Å². The van der Waals surface area contributed by atoms with Gasteiger partial charge in [0.15, 0.2) is 6.61 Å². The summed E-state index contributed by atoms with van der Waals surface area (Å²) >= 11 is 0. The zero-order valence-corrected chi connectivity index (χ0v) is 10.5. The Morgan fingerprint density at radius 1 is 1.35 bits per heavy atom. The summed E-state index contributed by atoms with van der Waals surface area (Å²) in [5.74, 6) is -1.42. The van der Waals surface area contributed by atoms with Crippen molar-refractivity contribution >= 4 is 11.6 Å². The SMILES string of the molecule is NCCCC(=O)Nc1cc(F)ccc1OCC(F)(F)F. The molecule has 0 heterocycles. The number of nitrogens with two attached hydrogens (primary N) is 1. The Bertz CT molecular complexity index is 463. The molecule has 4 nitrogen and oxygen atoms in total. The number of rotatable bonds is 6. The quantitative estimate of drug-likeness (QED) is 0.792. The summed E-state index contributed by atoms with van der Waals surface area (Å²) in [6.07, 6.45) is -4.01. The fraction of sp³-hybridized carbons (Fsp3) is 0.417. The van der Waals surface area contributed by atoms with Crippen molar-refractivity contribution in [3.63, 3.8) is 0 Å². The topological polar surface area (TPSA) is 64.4 Å². The summed E-state index contributed by atoms with van der Waals surface area (Å²) in [6.45, 7) is -1.22. The number of ether oxygens (including phenoxy) is 1. The molecule has 0 saturated heterocycles. The van der Waals surface area contributed by atoms with Crippen LogP contribution in [0.15, 0.2) is 18.2 Å². The molecule has 1 rings (SSSR count). The van der Waals surface area contributed by atoms with Gasteiger partial charge in [0.2, 0.25) is 5.91 Å². The number of amides is 1. The molecule has 0 radical (unpaired) electrons. The third-order valence-electron chi connectivity index (χ3n) is 2.21. The third kappa shape index (κ3) is 5.87. The molecule has 8 heteroatoms. The van der Waals surface area contributed by atoms with E-state index < -0.39 is 24.5 Å². The Morgan fingerprint density at radius 2 is 2.05 bits per heavy atom. The summed E-state index contributed by atoms with van der Waals surface area (Å²) in [7, 11) is 0. The molecule has 0 unspecified atom stereocenters. The molecule has 1 aromatic rings. The second-order valence-electron chi connectivity index (χ2n) is 3.98. The van der Waals surface area contributed by atoms with Gasteiger partial charge in [-0.1, -0.05) is 0 Å². The van der Waals surface area contributed by atoms with Gasteiger partial charge in [-0.15, -0.1) is 0 Å². The highest BCUT2D eigenvalue weighted by Gasteiger charge is 2.29. The molecule has 0 aromatic heterocycles. The third-order valence-corrected chi connectivity index (χ3v) is 2.21. The number of alkyl halides is 3. The van der Waals surface area contributed by atoms with E-state index in [-0.39, 0.29) is 17.9 Å². The summed E-state index contributed by atoms with van der Waals surface area (Å²) in [5, 5.41) is 2.30. The van der Waals surface area contributed by atoms with Gasteiger partial charge in [-0.2, -0.15) is 13.2 Å². The molecule has 0 saturated carbocycles. The minimum Gasteiger partial charge on any atom is -0.482 e. The lowest BCUT2D eigenvalue weighted by Gasteiger charge is -2.14. The van der Waals surface area contributed by atoms with Gasteiger partial charge in [0.05, 0.1) is 5.69 Å². The van der Waals surface area contributed by atoms with E-state index in [9.17, 15) is 22.4 Å². The molecular weight excluding hydrogens is 280 g/mol. The second kappa shape index (κ2) is 7.09. The van der Waals surface area contributed by atoms with Crippen molar-refractivity contribution in [2.45, 2.75) is 19.0 Å². The van der Waals surface area contributed by atoms with E-state index in [0.717, 1.165) is 18.2 Å². The van der Waals surface area contributed by atoms with Crippen LogP contribution in [0.4, 0.5) is 23.2 Å². The van der Waals surface area contributed by atoms with Crippen LogP contribution in [-0.2, 0) is 4.79 Å². The number of benzene rings is 1. The zero-order valence-electron chi connectivity index (χ0n) is 10.5. The maximum atomic E-state index is 13.1. The van der Waals surface area contributed by atoms with Gasteiger partial charge in [-0.05, 0) is 25.1 Å². The van der Waals surface area contributed by atoms with E-state index in [1.807, 2.05) is 0 Å². The lowest BCUT2D eigenvalue weighted by Crippen LogP contribution is -2.20. The van der Waals surface area contributed by atoms with Crippen molar-refractivity contribution < 1.29 is 27.1 Å². The van der Waals surface area contributed by atoms with Crippen molar-refractivity contribution in [3.05, 3.63) is 24.0 Å². The highest BCUT2D eigenvalue weighted by atomic mass is 19.4. The Balaban J connectivity index is 2.77. The van der Waals surface area contributed by atoms with E-state index in [1.165, 1.54) is 0 Å². The molecule has 0 bridgehead atoms. The molecule has 1 amide bonds. The first kappa shape index (κ1) is 16.2. The lowest BCUT2D eigenvalue weighted by atomic mass is 10.2. The van der Waals surface area contributed by atoms with Gasteiger partial charge in [0.1, 0.15) is 11.6 Å². The highest BCUT2D eigenvalue weighted by Crippen LogP contribution is 2.27. The van der Waals surface area contributed by atoms with Gasteiger partial charge in [-0.25, -0.2) is 4.39 Å². The number of anilines is 1. The molecule has 20 heavy (non-hydrogen) atoms. The Kier molecular flexibility index (Phi) is 5.75. The van der Waals surface area contributed by atoms with Gasteiger partial charge in [0, 0.05) is 12.5 Å². The van der Waals surface area contributed by atoms with E-state index in [0.29, 0.717) is 13.0 Å². The van der Waals surface area contributed by atoms with Crippen molar-refractivity contribution in [2.75, 3.05) is 18.5 Å². The van der Waals surface area contributed by atoms with Crippen LogP contribution in [0.5, 0.6) is 5.75 Å². The average Bonchev–Trinajstić information content (AvgIpc) is 2.34. The number of hydrogen-bond acceptors (Lipinski definition) is 3. The predicted octanol–water partition coefficient (Wildman–Crippen LogP) is 2.44.